The third-order valence-electron chi connectivity index (χ3n) is 4.78. The average Bonchev–Trinajstić information content (AvgIpc) is 2.66. The summed E-state index contributed by atoms with van der Waals surface area (Å²) in [5.41, 5.74) is 1.88. The number of nitrogens with zero attached hydrogens (tertiary/aromatic N) is 1. The smallest absolute Gasteiger partial charge is 0.227 e. The Morgan fingerprint density at radius 3 is 2.73 bits per heavy atom. The summed E-state index contributed by atoms with van der Waals surface area (Å²) in [6.07, 6.45) is 6.32. The maximum atomic E-state index is 12.5. The van der Waals surface area contributed by atoms with E-state index >= 15 is 0 Å². The lowest BCUT2D eigenvalue weighted by Crippen LogP contribution is -2.42. The van der Waals surface area contributed by atoms with Crippen LogP contribution in [-0.4, -0.2) is 35.4 Å². The summed E-state index contributed by atoms with van der Waals surface area (Å²) in [6, 6.07) is 7.90. The Balaban J connectivity index is 1.99. The highest BCUT2D eigenvalue weighted by Crippen LogP contribution is 2.33. The second kappa shape index (κ2) is 11.6. The Labute approximate surface area is 162 Å². The van der Waals surface area contributed by atoms with Crippen molar-refractivity contribution in [2.75, 3.05) is 23.9 Å². The second-order valence-electron chi connectivity index (χ2n) is 6.78. The Hall–Kier alpha value is -1.04. The van der Waals surface area contributed by atoms with E-state index in [1.807, 2.05) is 36.1 Å². The van der Waals surface area contributed by atoms with Crippen molar-refractivity contribution in [2.45, 2.75) is 70.3 Å². The molecule has 1 fully saturated rings. The van der Waals surface area contributed by atoms with E-state index in [1.54, 1.807) is 11.8 Å². The van der Waals surface area contributed by atoms with Crippen molar-refractivity contribution in [3.63, 3.8) is 0 Å². The van der Waals surface area contributed by atoms with E-state index in [9.17, 15) is 9.90 Å². The van der Waals surface area contributed by atoms with Crippen molar-refractivity contribution in [2.24, 2.45) is 0 Å². The first-order valence-electron chi connectivity index (χ1n) is 9.96. The summed E-state index contributed by atoms with van der Waals surface area (Å²) in [4.78, 5) is 14.5. The molecule has 1 aliphatic rings. The van der Waals surface area contributed by atoms with E-state index in [0.29, 0.717) is 6.42 Å². The highest BCUT2D eigenvalue weighted by atomic mass is 32.2. The topological polar surface area (TPSA) is 49.8 Å². The summed E-state index contributed by atoms with van der Waals surface area (Å²) >= 11 is 1.80. The zero-order chi connectivity index (χ0) is 18.8. The van der Waals surface area contributed by atoms with E-state index in [2.05, 4.69) is 6.92 Å². The maximum absolute atomic E-state index is 12.5. The van der Waals surface area contributed by atoms with Gasteiger partial charge >= 0.3 is 0 Å². The largest absolute Gasteiger partial charge is 0.388 e. The molecule has 0 saturated carbocycles. The molecule has 0 bridgehead atoms. The van der Waals surface area contributed by atoms with Gasteiger partial charge in [-0.1, -0.05) is 38.3 Å². The number of hydrogen-bond donors (Lipinski definition) is 1. The average molecular weight is 380 g/mol. The number of aliphatic hydroxyl groups is 1. The van der Waals surface area contributed by atoms with Crippen molar-refractivity contribution in [1.82, 2.24) is 0 Å². The number of rotatable bonds is 11. The van der Waals surface area contributed by atoms with Crippen molar-refractivity contribution < 1.29 is 14.6 Å². The maximum Gasteiger partial charge on any atom is 0.227 e. The van der Waals surface area contributed by atoms with E-state index in [-0.39, 0.29) is 11.3 Å². The summed E-state index contributed by atoms with van der Waals surface area (Å²) in [6.45, 7) is 5.62. The molecular weight excluding hydrogens is 346 g/mol. The molecule has 0 spiro atoms. The van der Waals surface area contributed by atoms with Gasteiger partial charge in [0.15, 0.2) is 0 Å². The van der Waals surface area contributed by atoms with Gasteiger partial charge in [0.2, 0.25) is 5.91 Å². The predicted molar refractivity (Wildman–Crippen MR) is 110 cm³/mol. The molecule has 4 nitrogen and oxygen atoms in total. The predicted octanol–water partition coefficient (Wildman–Crippen LogP) is 4.91. The first kappa shape index (κ1) is 21.3. The molecular formula is C21H33NO3S. The Bertz CT molecular complexity index is 535. The van der Waals surface area contributed by atoms with Crippen LogP contribution in [0.1, 0.15) is 70.5 Å². The molecule has 1 N–H and O–H groups in total. The Kier molecular flexibility index (Phi) is 9.51. The molecule has 0 aromatic heterocycles. The van der Waals surface area contributed by atoms with Crippen LogP contribution >= 0.6 is 11.8 Å². The number of benzene rings is 1. The lowest BCUT2D eigenvalue weighted by molar-refractivity contribution is -0.119. The standard InChI is InChI=1S/C21H33NO3S/c1-3-5-6-8-19(23)17-11-13-18(14-12-17)22-20(24)9-7-10-21(22)26-16-15-25-4-2/h11-14,19,21,23H,3-10,15-16H2,1-2H3. The third-order valence-corrected chi connectivity index (χ3v) is 6.01. The number of hydrogen-bond acceptors (Lipinski definition) is 4. The fourth-order valence-electron chi connectivity index (χ4n) is 3.31. The van der Waals surface area contributed by atoms with Crippen molar-refractivity contribution in [3.05, 3.63) is 29.8 Å². The summed E-state index contributed by atoms with van der Waals surface area (Å²) in [7, 11) is 0. The van der Waals surface area contributed by atoms with Gasteiger partial charge in [0.05, 0.1) is 18.1 Å². The molecule has 1 saturated heterocycles. The van der Waals surface area contributed by atoms with Crippen molar-refractivity contribution >= 4 is 23.4 Å². The second-order valence-corrected chi connectivity index (χ2v) is 8.07. The molecule has 2 rings (SSSR count). The van der Waals surface area contributed by atoms with Crippen LogP contribution in [-0.2, 0) is 9.53 Å². The fraction of sp³-hybridized carbons (Fsp3) is 0.667. The molecule has 0 radical (unpaired) electrons. The molecule has 1 amide bonds. The number of amides is 1. The fourth-order valence-corrected chi connectivity index (χ4v) is 4.51. The minimum absolute atomic E-state index is 0.178. The number of piperidine rings is 1. The van der Waals surface area contributed by atoms with Gasteiger partial charge in [0.25, 0.3) is 0 Å². The van der Waals surface area contributed by atoms with Crippen LogP contribution < -0.4 is 4.90 Å². The van der Waals surface area contributed by atoms with Gasteiger partial charge in [-0.2, -0.15) is 0 Å². The molecule has 5 heteroatoms. The summed E-state index contributed by atoms with van der Waals surface area (Å²) in [5.74, 6) is 1.10. The monoisotopic (exact) mass is 379 g/mol. The third kappa shape index (κ3) is 6.29. The minimum Gasteiger partial charge on any atom is -0.388 e. The lowest BCUT2D eigenvalue weighted by Gasteiger charge is -2.35. The number of anilines is 1. The van der Waals surface area contributed by atoms with Crippen molar-refractivity contribution in [3.8, 4) is 0 Å². The molecule has 1 aromatic rings. The van der Waals surface area contributed by atoms with Crippen LogP contribution in [0.15, 0.2) is 24.3 Å². The van der Waals surface area contributed by atoms with Crippen LogP contribution in [0, 0.1) is 0 Å². The highest BCUT2D eigenvalue weighted by Gasteiger charge is 2.29. The number of unbranched alkanes of at least 4 members (excludes halogenated alkanes) is 2. The van der Waals surface area contributed by atoms with Gasteiger partial charge in [0.1, 0.15) is 0 Å². The van der Waals surface area contributed by atoms with Gasteiger partial charge in [-0.3, -0.25) is 9.69 Å². The zero-order valence-electron chi connectivity index (χ0n) is 16.2. The number of ether oxygens (including phenoxy) is 1. The summed E-state index contributed by atoms with van der Waals surface area (Å²) < 4.78 is 5.42. The summed E-state index contributed by atoms with van der Waals surface area (Å²) in [5, 5.41) is 10.5. The van der Waals surface area contributed by atoms with Crippen LogP contribution in [0.3, 0.4) is 0 Å². The van der Waals surface area contributed by atoms with Gasteiger partial charge < -0.3 is 9.84 Å². The Morgan fingerprint density at radius 1 is 1.27 bits per heavy atom. The Morgan fingerprint density at radius 2 is 2.04 bits per heavy atom. The molecule has 1 heterocycles. The number of aliphatic hydroxyl groups excluding tert-OH is 1. The van der Waals surface area contributed by atoms with Gasteiger partial charge in [-0.25, -0.2) is 0 Å². The SMILES string of the molecule is CCCCCC(O)c1ccc(N2C(=O)CCCC2SCCOCC)cc1. The van der Waals surface area contributed by atoms with Crippen LogP contribution in [0.5, 0.6) is 0 Å². The van der Waals surface area contributed by atoms with Gasteiger partial charge in [-0.15, -0.1) is 11.8 Å². The van der Waals surface area contributed by atoms with Crippen LogP contribution in [0.4, 0.5) is 5.69 Å². The van der Waals surface area contributed by atoms with Crippen LogP contribution in [0.2, 0.25) is 0 Å². The molecule has 2 atom stereocenters. The highest BCUT2D eigenvalue weighted by molar-refractivity contribution is 8.00. The zero-order valence-corrected chi connectivity index (χ0v) is 17.0. The van der Waals surface area contributed by atoms with E-state index < -0.39 is 6.10 Å². The molecule has 1 aromatic carbocycles. The van der Waals surface area contributed by atoms with E-state index in [4.69, 9.17) is 4.74 Å². The molecule has 1 aliphatic heterocycles. The van der Waals surface area contributed by atoms with Gasteiger partial charge in [0, 0.05) is 24.5 Å². The van der Waals surface area contributed by atoms with E-state index in [1.165, 1.54) is 0 Å². The van der Waals surface area contributed by atoms with E-state index in [0.717, 1.165) is 68.7 Å². The lowest BCUT2D eigenvalue weighted by atomic mass is 10.0. The number of carbonyl (C=O) groups excluding carboxylic acids is 1. The molecule has 0 aliphatic carbocycles. The molecule has 26 heavy (non-hydrogen) atoms. The minimum atomic E-state index is -0.413. The number of thioether (sulfide) groups is 1. The first-order chi connectivity index (χ1) is 12.7. The molecule has 146 valence electrons. The van der Waals surface area contributed by atoms with Gasteiger partial charge in [-0.05, 0) is 43.9 Å². The van der Waals surface area contributed by atoms with Crippen molar-refractivity contribution in [1.29, 1.82) is 0 Å². The number of carbonyl (C=O) groups is 1. The molecule has 2 unspecified atom stereocenters. The van der Waals surface area contributed by atoms with Crippen LogP contribution in [0.25, 0.3) is 0 Å². The normalized spacial score (nSPS) is 19.0. The quantitative estimate of drug-likeness (QED) is 0.555. The first-order valence-corrected chi connectivity index (χ1v) is 11.0.